The molecule has 1 saturated heterocycles. The maximum atomic E-state index is 13.8. The van der Waals surface area contributed by atoms with Gasteiger partial charge in [-0.05, 0) is 54.4 Å². The van der Waals surface area contributed by atoms with Crippen LogP contribution in [0.15, 0.2) is 76.4 Å². The Morgan fingerprint density at radius 2 is 1.74 bits per heavy atom. The molecule has 1 aliphatic rings. The van der Waals surface area contributed by atoms with Crippen LogP contribution in [0.4, 0.5) is 5.69 Å². The molecule has 226 valence electrons. The highest BCUT2D eigenvalue weighted by molar-refractivity contribution is 7.91. The summed E-state index contributed by atoms with van der Waals surface area (Å²) in [4.78, 5) is 29.4. The van der Waals surface area contributed by atoms with Crippen LogP contribution < -0.4 is 16.1 Å². The molecule has 12 heteroatoms. The number of morpholine rings is 1. The number of rotatable bonds is 10. The average molecular weight is 624 g/mol. The molecule has 1 fully saturated rings. The third-order valence-corrected chi connectivity index (χ3v) is 9.45. The molecule has 0 aliphatic carbocycles. The summed E-state index contributed by atoms with van der Waals surface area (Å²) in [5.74, 6) is -0.744. The average Bonchev–Trinajstić information content (AvgIpc) is 2.99. The molecule has 10 nitrogen and oxygen atoms in total. The zero-order chi connectivity index (χ0) is 30.6. The standard InChI is InChI=1S/C31H34ClN5O5S/c1-21(20-43(40,41)25-6-4-3-5-7-25)34-27-17-23(19-37-12-14-42-15-13-37)16-26-29(27)36(2)35-28(30(26)38)31(39)33-18-22-8-10-24(32)11-9-22/h3-11,16-17,21,34H,12-15,18-20H2,1-2H3,(H,33,39). The number of aromatic nitrogens is 2. The van der Waals surface area contributed by atoms with Crippen molar-refractivity contribution in [1.29, 1.82) is 0 Å². The minimum atomic E-state index is -3.56. The van der Waals surface area contributed by atoms with Crippen LogP contribution in [0.3, 0.4) is 0 Å². The highest BCUT2D eigenvalue weighted by Crippen LogP contribution is 2.26. The van der Waals surface area contributed by atoms with E-state index in [0.29, 0.717) is 41.4 Å². The number of amides is 1. The number of hydrogen-bond donors (Lipinski definition) is 2. The van der Waals surface area contributed by atoms with Crippen LogP contribution in [0, 0.1) is 0 Å². The van der Waals surface area contributed by atoms with E-state index in [2.05, 4.69) is 20.6 Å². The number of halogens is 1. The smallest absolute Gasteiger partial charge is 0.276 e. The summed E-state index contributed by atoms with van der Waals surface area (Å²) in [5, 5.41) is 11.4. The van der Waals surface area contributed by atoms with E-state index in [1.807, 2.05) is 6.07 Å². The van der Waals surface area contributed by atoms with Gasteiger partial charge in [0.25, 0.3) is 5.91 Å². The number of nitrogens with one attached hydrogen (secondary N) is 2. The zero-order valence-corrected chi connectivity index (χ0v) is 25.6. The lowest BCUT2D eigenvalue weighted by Gasteiger charge is -2.27. The number of nitrogens with zero attached hydrogens (tertiary/aromatic N) is 3. The maximum absolute atomic E-state index is 13.8. The topological polar surface area (TPSA) is 123 Å². The maximum Gasteiger partial charge on any atom is 0.276 e. The van der Waals surface area contributed by atoms with Gasteiger partial charge in [0, 0.05) is 44.3 Å². The fourth-order valence-corrected chi connectivity index (χ4v) is 6.82. The van der Waals surface area contributed by atoms with Crippen LogP contribution in [0.1, 0.15) is 28.5 Å². The van der Waals surface area contributed by atoms with Crippen molar-refractivity contribution in [2.24, 2.45) is 7.05 Å². The molecule has 1 atom stereocenters. The van der Waals surface area contributed by atoms with E-state index < -0.39 is 27.2 Å². The predicted molar refractivity (Wildman–Crippen MR) is 167 cm³/mol. The minimum absolute atomic E-state index is 0.154. The van der Waals surface area contributed by atoms with E-state index in [1.54, 1.807) is 74.6 Å². The van der Waals surface area contributed by atoms with Gasteiger partial charge in [-0.2, -0.15) is 5.10 Å². The zero-order valence-electron chi connectivity index (χ0n) is 24.0. The number of sulfone groups is 1. The summed E-state index contributed by atoms with van der Waals surface area (Å²) < 4.78 is 33.1. The molecule has 4 aromatic rings. The largest absolute Gasteiger partial charge is 0.380 e. The minimum Gasteiger partial charge on any atom is -0.380 e. The third kappa shape index (κ3) is 7.42. The Morgan fingerprint density at radius 1 is 1.05 bits per heavy atom. The van der Waals surface area contributed by atoms with Crippen molar-refractivity contribution >= 4 is 43.9 Å². The Labute approximate surface area is 255 Å². The number of fused-ring (bicyclic) bond motifs is 1. The monoisotopic (exact) mass is 623 g/mol. The SMILES string of the molecule is CC(CS(=O)(=O)c1ccccc1)Nc1cc(CN2CCOCC2)cc2c(=O)c(C(=O)NCc3ccc(Cl)cc3)nn(C)c12. The second kappa shape index (κ2) is 13.3. The van der Waals surface area contributed by atoms with Crippen LogP contribution in [0.2, 0.25) is 5.02 Å². The Kier molecular flexibility index (Phi) is 9.46. The van der Waals surface area contributed by atoms with Gasteiger partial charge in [-0.3, -0.25) is 19.2 Å². The normalized spacial score (nSPS) is 14.9. The predicted octanol–water partition coefficient (Wildman–Crippen LogP) is 3.62. The molecule has 43 heavy (non-hydrogen) atoms. The molecule has 1 amide bonds. The van der Waals surface area contributed by atoms with Gasteiger partial charge in [0.15, 0.2) is 15.5 Å². The number of carbonyl (C=O) groups is 1. The summed E-state index contributed by atoms with van der Waals surface area (Å²) in [7, 11) is -1.90. The molecule has 2 heterocycles. The van der Waals surface area contributed by atoms with Gasteiger partial charge in [-0.1, -0.05) is 41.9 Å². The van der Waals surface area contributed by atoms with Crippen LogP contribution in [0.5, 0.6) is 0 Å². The van der Waals surface area contributed by atoms with Gasteiger partial charge in [0.1, 0.15) is 0 Å². The van der Waals surface area contributed by atoms with Gasteiger partial charge in [-0.25, -0.2) is 8.42 Å². The van der Waals surface area contributed by atoms with E-state index in [4.69, 9.17) is 16.3 Å². The van der Waals surface area contributed by atoms with Gasteiger partial charge >= 0.3 is 0 Å². The van der Waals surface area contributed by atoms with Crippen molar-refractivity contribution in [2.45, 2.75) is 31.0 Å². The quantitative estimate of drug-likeness (QED) is 0.275. The van der Waals surface area contributed by atoms with Crippen LogP contribution in [0.25, 0.3) is 10.9 Å². The molecule has 1 aliphatic heterocycles. The summed E-state index contributed by atoms with van der Waals surface area (Å²) >= 11 is 5.96. The van der Waals surface area contributed by atoms with Gasteiger partial charge < -0.3 is 15.4 Å². The highest BCUT2D eigenvalue weighted by atomic mass is 35.5. The molecule has 1 aromatic heterocycles. The van der Waals surface area contributed by atoms with Crippen LogP contribution in [-0.2, 0) is 34.7 Å². The number of aryl methyl sites for hydroxylation is 1. The molecule has 2 N–H and O–H groups in total. The third-order valence-electron chi connectivity index (χ3n) is 7.27. The van der Waals surface area contributed by atoms with Crippen molar-refractivity contribution in [3.63, 3.8) is 0 Å². The first-order valence-electron chi connectivity index (χ1n) is 14.0. The first kappa shape index (κ1) is 30.7. The Hall–Kier alpha value is -3.77. The Bertz CT molecular complexity index is 1770. The second-order valence-electron chi connectivity index (χ2n) is 10.7. The summed E-state index contributed by atoms with van der Waals surface area (Å²) in [5.41, 5.74) is 2.00. The molecule has 0 radical (unpaired) electrons. The molecular weight excluding hydrogens is 590 g/mol. The fourth-order valence-electron chi connectivity index (χ4n) is 5.18. The molecule has 1 unspecified atom stereocenters. The Morgan fingerprint density at radius 3 is 2.44 bits per heavy atom. The first-order valence-corrected chi connectivity index (χ1v) is 16.0. The van der Waals surface area contributed by atoms with Crippen molar-refractivity contribution in [3.05, 3.63) is 98.8 Å². The van der Waals surface area contributed by atoms with E-state index in [-0.39, 0.29) is 22.9 Å². The Balaban J connectivity index is 1.48. The van der Waals surface area contributed by atoms with Crippen molar-refractivity contribution in [2.75, 3.05) is 37.4 Å². The van der Waals surface area contributed by atoms with E-state index in [1.165, 1.54) is 4.68 Å². The molecule has 0 saturated carbocycles. The molecule has 3 aromatic carbocycles. The molecular formula is C31H34ClN5O5S. The molecule has 0 spiro atoms. The van der Waals surface area contributed by atoms with Crippen molar-refractivity contribution in [3.8, 4) is 0 Å². The summed E-state index contributed by atoms with van der Waals surface area (Å²) in [6.45, 7) is 5.29. The summed E-state index contributed by atoms with van der Waals surface area (Å²) in [6.07, 6.45) is 0. The molecule has 5 rings (SSSR count). The number of anilines is 1. The van der Waals surface area contributed by atoms with Gasteiger partial charge in [0.05, 0.1) is 40.5 Å². The summed E-state index contributed by atoms with van der Waals surface area (Å²) in [6, 6.07) is 18.6. The van der Waals surface area contributed by atoms with E-state index in [0.717, 1.165) is 24.2 Å². The number of benzene rings is 3. The van der Waals surface area contributed by atoms with Crippen molar-refractivity contribution < 1.29 is 17.9 Å². The van der Waals surface area contributed by atoms with Gasteiger partial charge in [0.2, 0.25) is 5.43 Å². The molecule has 0 bridgehead atoms. The number of carbonyl (C=O) groups excluding carboxylic acids is 1. The fraction of sp³-hybridized carbons (Fsp3) is 0.323. The highest BCUT2D eigenvalue weighted by Gasteiger charge is 2.23. The second-order valence-corrected chi connectivity index (χ2v) is 13.1. The lowest BCUT2D eigenvalue weighted by molar-refractivity contribution is 0.0342. The van der Waals surface area contributed by atoms with Crippen molar-refractivity contribution in [1.82, 2.24) is 20.0 Å². The van der Waals surface area contributed by atoms with Crippen LogP contribution >= 0.6 is 11.6 Å². The van der Waals surface area contributed by atoms with Crippen LogP contribution in [-0.4, -0.2) is 67.1 Å². The van der Waals surface area contributed by atoms with Gasteiger partial charge in [-0.15, -0.1) is 0 Å². The van der Waals surface area contributed by atoms with E-state index in [9.17, 15) is 18.0 Å². The lowest BCUT2D eigenvalue weighted by atomic mass is 10.1. The number of ether oxygens (including phenoxy) is 1. The van der Waals surface area contributed by atoms with E-state index >= 15 is 0 Å². The number of hydrogen-bond acceptors (Lipinski definition) is 8. The first-order chi connectivity index (χ1) is 20.6. The lowest BCUT2D eigenvalue weighted by Crippen LogP contribution is -2.36.